The number of nitriles is 1. The Balaban J connectivity index is 1.90. The van der Waals surface area contributed by atoms with Gasteiger partial charge in [0, 0.05) is 12.7 Å². The van der Waals surface area contributed by atoms with Crippen molar-refractivity contribution in [3.05, 3.63) is 52.8 Å². The number of fused-ring (bicyclic) bond motifs is 1. The van der Waals surface area contributed by atoms with Crippen molar-refractivity contribution in [2.75, 3.05) is 13.7 Å². The number of ether oxygens (including phenoxy) is 1. The molecule has 0 spiro atoms. The molecule has 2 aromatic rings. The van der Waals surface area contributed by atoms with E-state index in [0.717, 1.165) is 17.7 Å². The van der Waals surface area contributed by atoms with E-state index >= 15 is 0 Å². The summed E-state index contributed by atoms with van der Waals surface area (Å²) >= 11 is 0. The minimum absolute atomic E-state index is 0.0276. The van der Waals surface area contributed by atoms with E-state index in [1.54, 1.807) is 19.4 Å². The van der Waals surface area contributed by atoms with Gasteiger partial charge < -0.3 is 14.6 Å². The number of H-pyrrole nitrogens is 1. The lowest BCUT2D eigenvalue weighted by Gasteiger charge is -2.35. The number of carbonyl (C=O) groups is 1. The number of carbonyl (C=O) groups excluding carboxylic acids is 1. The molecule has 0 aliphatic carbocycles. The van der Waals surface area contributed by atoms with Gasteiger partial charge in [-0.3, -0.25) is 4.79 Å². The zero-order valence-electron chi connectivity index (χ0n) is 12.6. The van der Waals surface area contributed by atoms with E-state index in [4.69, 9.17) is 10.00 Å². The zero-order valence-corrected chi connectivity index (χ0v) is 12.6. The van der Waals surface area contributed by atoms with Crippen LogP contribution in [0.4, 0.5) is 0 Å². The van der Waals surface area contributed by atoms with Crippen molar-refractivity contribution in [2.45, 2.75) is 19.4 Å². The number of methoxy groups -OCH3 is 1. The molecule has 1 aromatic carbocycles. The van der Waals surface area contributed by atoms with Crippen LogP contribution in [0.1, 0.15) is 40.1 Å². The summed E-state index contributed by atoms with van der Waals surface area (Å²) in [5.74, 6) is 0.717. The van der Waals surface area contributed by atoms with E-state index in [1.165, 1.54) is 5.56 Å². The van der Waals surface area contributed by atoms with Crippen LogP contribution in [-0.2, 0) is 6.42 Å². The quantitative estimate of drug-likeness (QED) is 0.926. The van der Waals surface area contributed by atoms with Crippen molar-refractivity contribution in [2.24, 2.45) is 0 Å². The highest BCUT2D eigenvalue weighted by molar-refractivity contribution is 5.93. The van der Waals surface area contributed by atoms with Gasteiger partial charge in [-0.25, -0.2) is 0 Å². The Hall–Kier alpha value is -2.74. The third-order valence-corrected chi connectivity index (χ3v) is 4.20. The molecule has 0 saturated heterocycles. The SMILES string of the molecule is COc1ccc2c(c1)C(C)N(C(=O)c1cc(C#N)c[nH]1)CC2. The van der Waals surface area contributed by atoms with Crippen LogP contribution in [-0.4, -0.2) is 29.4 Å². The van der Waals surface area contributed by atoms with E-state index in [-0.39, 0.29) is 11.9 Å². The summed E-state index contributed by atoms with van der Waals surface area (Å²) in [5.41, 5.74) is 3.29. The standard InChI is InChI=1S/C17H17N3O2/c1-11-15-8-14(22-2)4-3-13(15)5-6-20(11)17(21)16-7-12(9-18)10-19-16/h3-4,7-8,10-11,19H,5-6H2,1-2H3. The number of nitrogens with one attached hydrogen (secondary N) is 1. The molecule has 5 nitrogen and oxygen atoms in total. The first-order chi connectivity index (χ1) is 10.6. The number of hydrogen-bond acceptors (Lipinski definition) is 3. The molecule has 1 aliphatic rings. The van der Waals surface area contributed by atoms with Gasteiger partial charge in [-0.05, 0) is 42.7 Å². The van der Waals surface area contributed by atoms with Gasteiger partial charge in [-0.15, -0.1) is 0 Å². The summed E-state index contributed by atoms with van der Waals surface area (Å²) in [7, 11) is 1.64. The van der Waals surface area contributed by atoms with Crippen LogP contribution in [0.2, 0.25) is 0 Å². The highest BCUT2D eigenvalue weighted by Crippen LogP contribution is 2.32. The summed E-state index contributed by atoms with van der Waals surface area (Å²) in [4.78, 5) is 17.4. The van der Waals surface area contributed by atoms with Gasteiger partial charge in [0.25, 0.3) is 5.91 Å². The van der Waals surface area contributed by atoms with Gasteiger partial charge in [-0.1, -0.05) is 6.07 Å². The molecule has 1 unspecified atom stereocenters. The average molecular weight is 295 g/mol. The number of aromatic nitrogens is 1. The number of hydrogen-bond donors (Lipinski definition) is 1. The molecule has 3 rings (SSSR count). The molecule has 5 heteroatoms. The van der Waals surface area contributed by atoms with Crippen LogP contribution < -0.4 is 4.74 Å². The fraction of sp³-hybridized carbons (Fsp3) is 0.294. The van der Waals surface area contributed by atoms with Crippen molar-refractivity contribution in [1.82, 2.24) is 9.88 Å². The average Bonchev–Trinajstić information content (AvgIpc) is 3.03. The largest absolute Gasteiger partial charge is 0.497 e. The fourth-order valence-corrected chi connectivity index (χ4v) is 2.93. The molecule has 1 amide bonds. The van der Waals surface area contributed by atoms with Crippen LogP contribution in [0.15, 0.2) is 30.5 Å². The van der Waals surface area contributed by atoms with Gasteiger partial charge in [0.2, 0.25) is 0 Å². The monoisotopic (exact) mass is 295 g/mol. The van der Waals surface area contributed by atoms with Crippen molar-refractivity contribution < 1.29 is 9.53 Å². The molecule has 1 atom stereocenters. The summed E-state index contributed by atoms with van der Waals surface area (Å²) in [6.45, 7) is 2.68. The van der Waals surface area contributed by atoms with Crippen LogP contribution >= 0.6 is 0 Å². The van der Waals surface area contributed by atoms with E-state index in [9.17, 15) is 4.79 Å². The normalized spacial score (nSPS) is 16.8. The molecule has 0 fully saturated rings. The Morgan fingerprint density at radius 1 is 1.45 bits per heavy atom. The number of nitrogens with zero attached hydrogens (tertiary/aromatic N) is 2. The first-order valence-electron chi connectivity index (χ1n) is 7.20. The Bertz CT molecular complexity index is 758. The summed E-state index contributed by atoms with van der Waals surface area (Å²) in [5, 5.41) is 8.87. The minimum Gasteiger partial charge on any atom is -0.497 e. The van der Waals surface area contributed by atoms with Gasteiger partial charge >= 0.3 is 0 Å². The third kappa shape index (κ3) is 2.33. The number of aromatic amines is 1. The first-order valence-corrected chi connectivity index (χ1v) is 7.20. The maximum absolute atomic E-state index is 12.7. The Labute approximate surface area is 129 Å². The number of benzene rings is 1. The van der Waals surface area contributed by atoms with Crippen LogP contribution in [0.25, 0.3) is 0 Å². The lowest BCUT2D eigenvalue weighted by atomic mass is 9.93. The molecular formula is C17H17N3O2. The Morgan fingerprint density at radius 3 is 2.95 bits per heavy atom. The molecular weight excluding hydrogens is 278 g/mol. The van der Waals surface area contributed by atoms with Crippen molar-refractivity contribution in [1.29, 1.82) is 5.26 Å². The van der Waals surface area contributed by atoms with Gasteiger partial charge in [0.15, 0.2) is 0 Å². The molecule has 2 heterocycles. The Morgan fingerprint density at radius 2 is 2.27 bits per heavy atom. The highest BCUT2D eigenvalue weighted by atomic mass is 16.5. The van der Waals surface area contributed by atoms with Crippen molar-refractivity contribution in [3.63, 3.8) is 0 Å². The van der Waals surface area contributed by atoms with Crippen molar-refractivity contribution in [3.8, 4) is 11.8 Å². The summed E-state index contributed by atoms with van der Waals surface area (Å²) in [6.07, 6.45) is 2.38. The molecule has 1 aromatic heterocycles. The molecule has 22 heavy (non-hydrogen) atoms. The van der Waals surface area contributed by atoms with E-state index < -0.39 is 0 Å². The van der Waals surface area contributed by atoms with Crippen molar-refractivity contribution >= 4 is 5.91 Å². The molecule has 112 valence electrons. The van der Waals surface area contributed by atoms with Crippen LogP contribution in [0.3, 0.4) is 0 Å². The van der Waals surface area contributed by atoms with E-state index in [2.05, 4.69) is 11.1 Å². The summed E-state index contributed by atoms with van der Waals surface area (Å²) < 4.78 is 5.28. The lowest BCUT2D eigenvalue weighted by Crippen LogP contribution is -2.39. The fourth-order valence-electron chi connectivity index (χ4n) is 2.93. The minimum atomic E-state index is -0.0810. The maximum Gasteiger partial charge on any atom is 0.270 e. The van der Waals surface area contributed by atoms with Crippen LogP contribution in [0.5, 0.6) is 5.75 Å². The second kappa shape index (κ2) is 5.57. The predicted octanol–water partition coefficient (Wildman–Crippen LogP) is 2.65. The smallest absolute Gasteiger partial charge is 0.270 e. The van der Waals surface area contributed by atoms with Gasteiger partial charge in [0.1, 0.15) is 17.5 Å². The second-order valence-electron chi connectivity index (χ2n) is 5.40. The third-order valence-electron chi connectivity index (χ3n) is 4.20. The first kappa shape index (κ1) is 14.2. The molecule has 0 radical (unpaired) electrons. The van der Waals surface area contributed by atoms with E-state index in [1.807, 2.05) is 30.0 Å². The van der Waals surface area contributed by atoms with Crippen LogP contribution in [0, 0.1) is 11.3 Å². The molecule has 0 saturated carbocycles. The number of amides is 1. The van der Waals surface area contributed by atoms with E-state index in [0.29, 0.717) is 17.8 Å². The Kier molecular flexibility index (Phi) is 3.60. The zero-order chi connectivity index (χ0) is 15.7. The highest BCUT2D eigenvalue weighted by Gasteiger charge is 2.29. The molecule has 0 bridgehead atoms. The molecule has 1 aliphatic heterocycles. The van der Waals surface area contributed by atoms with Gasteiger partial charge in [-0.2, -0.15) is 5.26 Å². The second-order valence-corrected chi connectivity index (χ2v) is 5.40. The predicted molar refractivity (Wildman–Crippen MR) is 81.7 cm³/mol. The maximum atomic E-state index is 12.7. The van der Waals surface area contributed by atoms with Gasteiger partial charge in [0.05, 0.1) is 18.7 Å². The number of rotatable bonds is 2. The summed E-state index contributed by atoms with van der Waals surface area (Å²) in [6, 6.07) is 9.61. The lowest BCUT2D eigenvalue weighted by molar-refractivity contribution is 0.0672. The molecule has 1 N–H and O–H groups in total. The topological polar surface area (TPSA) is 69.1 Å².